The molecule has 1 N–H and O–H groups in total. The highest BCUT2D eigenvalue weighted by Gasteiger charge is 2.29. The molecule has 0 heterocycles. The van der Waals surface area contributed by atoms with Crippen LogP contribution in [0, 0.1) is 17.1 Å². The van der Waals surface area contributed by atoms with Crippen LogP contribution in [-0.2, 0) is 10.0 Å². The van der Waals surface area contributed by atoms with Crippen LogP contribution in [0.1, 0.15) is 13.8 Å². The second-order valence-electron chi connectivity index (χ2n) is 4.02. The van der Waals surface area contributed by atoms with Crippen molar-refractivity contribution < 1.29 is 12.8 Å². The van der Waals surface area contributed by atoms with Crippen LogP contribution in [0.2, 0.25) is 10.0 Å². The Morgan fingerprint density at radius 2 is 1.94 bits per heavy atom. The molecule has 4 nitrogen and oxygen atoms in total. The maximum absolute atomic E-state index is 13.4. The van der Waals surface area contributed by atoms with E-state index in [9.17, 15) is 12.8 Å². The fraction of sp³-hybridized carbons (Fsp3) is 0.300. The van der Waals surface area contributed by atoms with Gasteiger partial charge in [0.15, 0.2) is 5.82 Å². The van der Waals surface area contributed by atoms with Crippen LogP contribution in [0.25, 0.3) is 0 Å². The Hall–Kier alpha value is -0.870. The van der Waals surface area contributed by atoms with E-state index in [2.05, 4.69) is 4.72 Å². The monoisotopic (exact) mass is 310 g/mol. The first-order valence-corrected chi connectivity index (χ1v) is 6.93. The van der Waals surface area contributed by atoms with Crippen LogP contribution in [-0.4, -0.2) is 14.0 Å². The third-order valence-electron chi connectivity index (χ3n) is 1.96. The van der Waals surface area contributed by atoms with Crippen LogP contribution in [0.15, 0.2) is 17.0 Å². The van der Waals surface area contributed by atoms with Crippen molar-refractivity contribution in [3.05, 3.63) is 28.0 Å². The average molecular weight is 311 g/mol. The Labute approximate surface area is 114 Å². The van der Waals surface area contributed by atoms with E-state index in [1.807, 2.05) is 0 Å². The summed E-state index contributed by atoms with van der Waals surface area (Å²) < 4.78 is 39.4. The Morgan fingerprint density at radius 1 is 1.39 bits per heavy atom. The lowest BCUT2D eigenvalue weighted by Crippen LogP contribution is -2.42. The Morgan fingerprint density at radius 3 is 2.44 bits per heavy atom. The van der Waals surface area contributed by atoms with Crippen molar-refractivity contribution in [2.75, 3.05) is 0 Å². The quantitative estimate of drug-likeness (QED) is 0.873. The molecular formula is C10H9Cl2FN2O2S. The minimum Gasteiger partial charge on any atom is -0.207 e. The van der Waals surface area contributed by atoms with Crippen molar-refractivity contribution >= 4 is 33.2 Å². The molecule has 0 radical (unpaired) electrons. The second kappa shape index (κ2) is 5.02. The Kier molecular flexibility index (Phi) is 4.23. The van der Waals surface area contributed by atoms with Gasteiger partial charge in [0, 0.05) is 0 Å². The van der Waals surface area contributed by atoms with Gasteiger partial charge in [0.2, 0.25) is 10.0 Å². The van der Waals surface area contributed by atoms with E-state index in [-0.39, 0.29) is 5.02 Å². The average Bonchev–Trinajstić information content (AvgIpc) is 2.24. The number of hydrogen-bond acceptors (Lipinski definition) is 3. The molecule has 0 bridgehead atoms. The van der Waals surface area contributed by atoms with E-state index in [4.69, 9.17) is 28.5 Å². The van der Waals surface area contributed by atoms with Crippen LogP contribution >= 0.6 is 23.2 Å². The molecule has 0 amide bonds. The summed E-state index contributed by atoms with van der Waals surface area (Å²) in [6, 6.07) is 3.91. The van der Waals surface area contributed by atoms with Crippen LogP contribution in [0.4, 0.5) is 4.39 Å². The van der Waals surface area contributed by atoms with Crippen molar-refractivity contribution in [2.45, 2.75) is 24.3 Å². The molecule has 0 aliphatic carbocycles. The molecule has 1 aromatic carbocycles. The fourth-order valence-electron chi connectivity index (χ4n) is 1.13. The molecule has 1 rings (SSSR count). The van der Waals surface area contributed by atoms with Gasteiger partial charge in [-0.05, 0) is 26.0 Å². The molecule has 0 fully saturated rings. The normalized spacial score (nSPS) is 12.2. The first-order chi connectivity index (χ1) is 8.10. The molecule has 0 saturated carbocycles. The highest BCUT2D eigenvalue weighted by molar-refractivity contribution is 7.89. The van der Waals surface area contributed by atoms with Crippen LogP contribution in [0.3, 0.4) is 0 Å². The maximum Gasteiger partial charge on any atom is 0.243 e. The molecule has 0 aromatic heterocycles. The zero-order chi connectivity index (χ0) is 14.1. The summed E-state index contributed by atoms with van der Waals surface area (Å²) in [5, 5.41) is 7.88. The topological polar surface area (TPSA) is 70.0 Å². The summed E-state index contributed by atoms with van der Waals surface area (Å²) in [4.78, 5) is -0.464. The van der Waals surface area contributed by atoms with E-state index >= 15 is 0 Å². The van der Waals surface area contributed by atoms with Gasteiger partial charge in [-0.15, -0.1) is 0 Å². The predicted octanol–water partition coefficient (Wildman–Crippen LogP) is 2.71. The summed E-state index contributed by atoms with van der Waals surface area (Å²) in [6.07, 6.45) is 0. The van der Waals surface area contributed by atoms with Crippen molar-refractivity contribution in [2.24, 2.45) is 0 Å². The summed E-state index contributed by atoms with van der Waals surface area (Å²) in [6.45, 7) is 2.73. The first-order valence-electron chi connectivity index (χ1n) is 4.69. The molecule has 98 valence electrons. The SMILES string of the molecule is CC(C)(C#N)NS(=O)(=O)c1ccc(Cl)c(F)c1Cl. The van der Waals surface area contributed by atoms with Crippen molar-refractivity contribution in [3.63, 3.8) is 0 Å². The van der Waals surface area contributed by atoms with Gasteiger partial charge < -0.3 is 0 Å². The lowest BCUT2D eigenvalue weighted by Gasteiger charge is -2.18. The van der Waals surface area contributed by atoms with E-state index in [1.165, 1.54) is 13.8 Å². The fourth-order valence-corrected chi connectivity index (χ4v) is 3.20. The second-order valence-corrected chi connectivity index (χ2v) is 6.45. The minimum atomic E-state index is -4.10. The zero-order valence-corrected chi connectivity index (χ0v) is 11.8. The number of nitriles is 1. The molecule has 0 aliphatic heterocycles. The maximum atomic E-state index is 13.4. The van der Waals surface area contributed by atoms with Crippen molar-refractivity contribution in [3.8, 4) is 6.07 Å². The zero-order valence-electron chi connectivity index (χ0n) is 9.46. The lowest BCUT2D eigenvalue weighted by atomic mass is 10.1. The number of nitrogens with zero attached hydrogens (tertiary/aromatic N) is 1. The molecule has 0 unspecified atom stereocenters. The molecular weight excluding hydrogens is 302 g/mol. The summed E-state index contributed by atoms with van der Waals surface area (Å²) in [5.41, 5.74) is -1.34. The van der Waals surface area contributed by atoms with Crippen molar-refractivity contribution in [1.82, 2.24) is 4.72 Å². The standard InChI is InChI=1S/C10H9Cl2FN2O2S/c1-10(2,5-14)15-18(16,17)7-4-3-6(11)9(13)8(7)12/h3-4,15H,1-2H3. The summed E-state index contributed by atoms with van der Waals surface area (Å²) in [5.74, 6) is -1.02. The van der Waals surface area contributed by atoms with Gasteiger partial charge in [-0.25, -0.2) is 12.8 Å². The first kappa shape index (κ1) is 15.2. The number of nitrogens with one attached hydrogen (secondary N) is 1. The lowest BCUT2D eigenvalue weighted by molar-refractivity contribution is 0.534. The van der Waals surface area contributed by atoms with E-state index in [0.717, 1.165) is 12.1 Å². The Bertz CT molecular complexity index is 624. The third kappa shape index (κ3) is 3.12. The number of hydrogen-bond donors (Lipinski definition) is 1. The van der Waals surface area contributed by atoms with E-state index in [1.54, 1.807) is 6.07 Å². The molecule has 0 aliphatic rings. The van der Waals surface area contributed by atoms with Crippen LogP contribution < -0.4 is 4.72 Å². The van der Waals surface area contributed by atoms with Gasteiger partial charge in [0.1, 0.15) is 10.4 Å². The van der Waals surface area contributed by atoms with Gasteiger partial charge in [0.05, 0.1) is 16.1 Å². The third-order valence-corrected chi connectivity index (χ3v) is 4.43. The van der Waals surface area contributed by atoms with E-state index in [0.29, 0.717) is 0 Å². The number of sulfonamides is 1. The minimum absolute atomic E-state index is 0.279. The highest BCUT2D eigenvalue weighted by Crippen LogP contribution is 2.29. The number of halogens is 3. The molecule has 8 heteroatoms. The van der Waals surface area contributed by atoms with Gasteiger partial charge in [-0.3, -0.25) is 0 Å². The molecule has 18 heavy (non-hydrogen) atoms. The molecule has 0 atom stereocenters. The van der Waals surface area contributed by atoms with Gasteiger partial charge >= 0.3 is 0 Å². The van der Waals surface area contributed by atoms with Gasteiger partial charge in [0.25, 0.3) is 0 Å². The van der Waals surface area contributed by atoms with Crippen molar-refractivity contribution in [1.29, 1.82) is 5.26 Å². The molecule has 0 saturated heterocycles. The number of benzene rings is 1. The predicted molar refractivity (Wildman–Crippen MR) is 66.4 cm³/mol. The highest BCUT2D eigenvalue weighted by atomic mass is 35.5. The van der Waals surface area contributed by atoms with Gasteiger partial charge in [-0.1, -0.05) is 23.2 Å². The molecule has 1 aromatic rings. The van der Waals surface area contributed by atoms with Crippen LogP contribution in [0.5, 0.6) is 0 Å². The molecule has 0 spiro atoms. The van der Waals surface area contributed by atoms with E-state index < -0.39 is 31.3 Å². The largest absolute Gasteiger partial charge is 0.243 e. The smallest absolute Gasteiger partial charge is 0.207 e. The number of rotatable bonds is 3. The Balaban J connectivity index is 3.32. The van der Waals surface area contributed by atoms with Gasteiger partial charge in [-0.2, -0.15) is 9.98 Å². The summed E-state index contributed by atoms with van der Waals surface area (Å²) >= 11 is 11.1. The summed E-state index contributed by atoms with van der Waals surface area (Å²) in [7, 11) is -4.10.